The molecule has 2 N–H and O–H groups in total. The van der Waals surface area contributed by atoms with E-state index in [0.29, 0.717) is 12.3 Å². The standard InChI is InChI=1S/C27H32N4O.HI/c1-28-27(29-16-14-24-12-7-11-23-10-5-6-13-25(23)24)30-19-22-18-26(32)31(20-22)17-15-21-8-3-2-4-9-21;/h2-13,22H,14-20H2,1H3,(H2,28,29,30);1H. The van der Waals surface area contributed by atoms with Gasteiger partial charge in [0.1, 0.15) is 0 Å². The topological polar surface area (TPSA) is 56.7 Å². The highest BCUT2D eigenvalue weighted by Gasteiger charge is 2.29. The number of nitrogens with one attached hydrogen (secondary N) is 2. The zero-order valence-corrected chi connectivity index (χ0v) is 21.5. The van der Waals surface area contributed by atoms with Crippen LogP contribution in [0.4, 0.5) is 0 Å². The van der Waals surface area contributed by atoms with E-state index in [2.05, 4.69) is 70.2 Å². The lowest BCUT2D eigenvalue weighted by Crippen LogP contribution is -2.41. The summed E-state index contributed by atoms with van der Waals surface area (Å²) in [5.74, 6) is 1.36. The molecule has 3 aromatic carbocycles. The molecule has 6 heteroatoms. The molecule has 0 aliphatic carbocycles. The molecule has 1 saturated heterocycles. The minimum Gasteiger partial charge on any atom is -0.356 e. The number of benzene rings is 3. The largest absolute Gasteiger partial charge is 0.356 e. The number of guanidine groups is 1. The fourth-order valence-corrected chi connectivity index (χ4v) is 4.40. The van der Waals surface area contributed by atoms with E-state index in [1.165, 1.54) is 21.9 Å². The molecule has 1 heterocycles. The highest BCUT2D eigenvalue weighted by atomic mass is 127. The third kappa shape index (κ3) is 6.93. The number of hydrogen-bond acceptors (Lipinski definition) is 2. The molecule has 1 amide bonds. The number of halogens is 1. The number of hydrogen-bond donors (Lipinski definition) is 2. The van der Waals surface area contributed by atoms with Crippen molar-refractivity contribution in [2.75, 3.05) is 33.2 Å². The van der Waals surface area contributed by atoms with Gasteiger partial charge in [-0.2, -0.15) is 0 Å². The van der Waals surface area contributed by atoms with Crippen molar-refractivity contribution >= 4 is 46.6 Å². The lowest BCUT2D eigenvalue weighted by atomic mass is 10.0. The first-order valence-corrected chi connectivity index (χ1v) is 11.5. The van der Waals surface area contributed by atoms with Gasteiger partial charge in [0.15, 0.2) is 5.96 Å². The van der Waals surface area contributed by atoms with E-state index in [0.717, 1.165) is 45.0 Å². The summed E-state index contributed by atoms with van der Waals surface area (Å²) in [7, 11) is 1.79. The third-order valence-corrected chi connectivity index (χ3v) is 6.16. The van der Waals surface area contributed by atoms with Crippen LogP contribution in [0, 0.1) is 5.92 Å². The fourth-order valence-electron chi connectivity index (χ4n) is 4.40. The second-order valence-electron chi connectivity index (χ2n) is 8.41. The number of amides is 1. The van der Waals surface area contributed by atoms with Gasteiger partial charge in [-0.1, -0.05) is 72.8 Å². The summed E-state index contributed by atoms with van der Waals surface area (Å²) in [6.07, 6.45) is 2.44. The van der Waals surface area contributed by atoms with Gasteiger partial charge in [0.2, 0.25) is 5.91 Å². The van der Waals surface area contributed by atoms with Gasteiger partial charge in [-0.3, -0.25) is 9.79 Å². The molecule has 4 rings (SSSR count). The van der Waals surface area contributed by atoms with Crippen molar-refractivity contribution in [1.29, 1.82) is 0 Å². The van der Waals surface area contributed by atoms with Crippen LogP contribution in [0.1, 0.15) is 17.5 Å². The Morgan fingerprint density at radius 1 is 0.970 bits per heavy atom. The number of fused-ring (bicyclic) bond motifs is 1. The molecule has 1 fully saturated rings. The van der Waals surface area contributed by atoms with Gasteiger partial charge in [0.05, 0.1) is 0 Å². The van der Waals surface area contributed by atoms with Gasteiger partial charge < -0.3 is 15.5 Å². The Morgan fingerprint density at radius 2 is 1.73 bits per heavy atom. The zero-order chi connectivity index (χ0) is 22.2. The van der Waals surface area contributed by atoms with Crippen LogP contribution in [0.15, 0.2) is 77.8 Å². The van der Waals surface area contributed by atoms with Gasteiger partial charge in [-0.25, -0.2) is 0 Å². The van der Waals surface area contributed by atoms with Crippen LogP contribution in [0.5, 0.6) is 0 Å². The zero-order valence-electron chi connectivity index (χ0n) is 19.2. The monoisotopic (exact) mass is 556 g/mol. The molecule has 0 aromatic heterocycles. The molecule has 0 spiro atoms. The van der Waals surface area contributed by atoms with Crippen molar-refractivity contribution in [1.82, 2.24) is 15.5 Å². The van der Waals surface area contributed by atoms with Crippen LogP contribution < -0.4 is 10.6 Å². The van der Waals surface area contributed by atoms with Gasteiger partial charge in [0, 0.05) is 45.6 Å². The first-order chi connectivity index (χ1) is 15.7. The summed E-state index contributed by atoms with van der Waals surface area (Å²) in [5, 5.41) is 9.40. The highest BCUT2D eigenvalue weighted by Crippen LogP contribution is 2.19. The number of carbonyl (C=O) groups is 1. The van der Waals surface area contributed by atoms with E-state index in [1.807, 2.05) is 23.1 Å². The van der Waals surface area contributed by atoms with Crippen molar-refractivity contribution in [3.8, 4) is 0 Å². The van der Waals surface area contributed by atoms with E-state index in [4.69, 9.17) is 0 Å². The predicted octanol–water partition coefficient (Wildman–Crippen LogP) is 4.26. The van der Waals surface area contributed by atoms with E-state index in [-0.39, 0.29) is 29.9 Å². The van der Waals surface area contributed by atoms with Crippen molar-refractivity contribution in [2.45, 2.75) is 19.3 Å². The van der Waals surface area contributed by atoms with Crippen LogP contribution in [0.25, 0.3) is 10.8 Å². The predicted molar refractivity (Wildman–Crippen MR) is 147 cm³/mol. The number of likely N-dealkylation sites (tertiary alicyclic amines) is 1. The third-order valence-electron chi connectivity index (χ3n) is 6.16. The summed E-state index contributed by atoms with van der Waals surface area (Å²) in [4.78, 5) is 18.8. The Bertz CT molecular complexity index is 1060. The maximum absolute atomic E-state index is 12.4. The summed E-state index contributed by atoms with van der Waals surface area (Å²) in [6, 6.07) is 25.3. The highest BCUT2D eigenvalue weighted by molar-refractivity contribution is 14.0. The molecule has 1 unspecified atom stereocenters. The molecular weight excluding hydrogens is 523 g/mol. The smallest absolute Gasteiger partial charge is 0.223 e. The molecule has 33 heavy (non-hydrogen) atoms. The average molecular weight is 556 g/mol. The fraction of sp³-hybridized carbons (Fsp3) is 0.333. The molecule has 0 saturated carbocycles. The second kappa shape index (κ2) is 12.6. The van der Waals surface area contributed by atoms with E-state index >= 15 is 0 Å². The molecule has 174 valence electrons. The number of nitrogens with zero attached hydrogens (tertiary/aromatic N) is 2. The van der Waals surface area contributed by atoms with Crippen molar-refractivity contribution < 1.29 is 4.79 Å². The SMILES string of the molecule is CN=C(NCCc1cccc2ccccc12)NCC1CC(=O)N(CCc2ccccc2)C1.I. The normalized spacial score (nSPS) is 16.0. The number of carbonyl (C=O) groups excluding carboxylic acids is 1. The number of aliphatic imine (C=N–C) groups is 1. The summed E-state index contributed by atoms with van der Waals surface area (Å²) >= 11 is 0. The Labute approximate surface area is 213 Å². The van der Waals surface area contributed by atoms with E-state index in [9.17, 15) is 4.79 Å². The molecule has 3 aromatic rings. The Hall–Kier alpha value is -2.61. The maximum atomic E-state index is 12.4. The summed E-state index contributed by atoms with van der Waals surface area (Å²) < 4.78 is 0. The van der Waals surface area contributed by atoms with E-state index in [1.54, 1.807) is 7.05 Å². The molecule has 1 aliphatic heterocycles. The van der Waals surface area contributed by atoms with Gasteiger partial charge in [0.25, 0.3) is 0 Å². The summed E-state index contributed by atoms with van der Waals surface area (Å²) in [5.41, 5.74) is 2.61. The van der Waals surface area contributed by atoms with Gasteiger partial charge in [-0.15, -0.1) is 24.0 Å². The van der Waals surface area contributed by atoms with Gasteiger partial charge in [-0.05, 0) is 34.7 Å². The first kappa shape index (κ1) is 25.0. The van der Waals surface area contributed by atoms with Crippen LogP contribution in [0.2, 0.25) is 0 Å². The second-order valence-corrected chi connectivity index (χ2v) is 8.41. The molecular formula is C27H33IN4O. The minimum absolute atomic E-state index is 0. The van der Waals surface area contributed by atoms with Crippen LogP contribution in [0.3, 0.4) is 0 Å². The van der Waals surface area contributed by atoms with Crippen LogP contribution in [-0.4, -0.2) is 50.0 Å². The lowest BCUT2D eigenvalue weighted by Gasteiger charge is -2.18. The Morgan fingerprint density at radius 3 is 2.55 bits per heavy atom. The summed E-state index contributed by atoms with van der Waals surface area (Å²) in [6.45, 7) is 3.16. The molecule has 5 nitrogen and oxygen atoms in total. The van der Waals surface area contributed by atoms with Gasteiger partial charge >= 0.3 is 0 Å². The average Bonchev–Trinajstić information content (AvgIpc) is 3.20. The molecule has 1 atom stereocenters. The lowest BCUT2D eigenvalue weighted by molar-refractivity contribution is -0.127. The first-order valence-electron chi connectivity index (χ1n) is 11.5. The molecule has 0 radical (unpaired) electrons. The quantitative estimate of drug-likeness (QED) is 0.248. The van der Waals surface area contributed by atoms with Crippen LogP contribution >= 0.6 is 24.0 Å². The molecule has 1 aliphatic rings. The Balaban J connectivity index is 0.00000306. The van der Waals surface area contributed by atoms with Crippen molar-refractivity contribution in [2.24, 2.45) is 10.9 Å². The number of rotatable bonds is 8. The maximum Gasteiger partial charge on any atom is 0.223 e. The van der Waals surface area contributed by atoms with E-state index < -0.39 is 0 Å². The Kier molecular flexibility index (Phi) is 9.54. The minimum atomic E-state index is 0. The van der Waals surface area contributed by atoms with Crippen molar-refractivity contribution in [3.05, 3.63) is 83.9 Å². The molecule has 0 bridgehead atoms. The van der Waals surface area contributed by atoms with Crippen LogP contribution in [-0.2, 0) is 17.6 Å². The van der Waals surface area contributed by atoms with Crippen molar-refractivity contribution in [3.63, 3.8) is 0 Å².